The topological polar surface area (TPSA) is 64.9 Å². The molecular weight excluding hydrogens is 214 g/mol. The average Bonchev–Trinajstić information content (AvgIpc) is 2.24. The van der Waals surface area contributed by atoms with Gasteiger partial charge in [0.2, 0.25) is 5.91 Å². The number of nitrogens with zero attached hydrogens (tertiary/aromatic N) is 1. The van der Waals surface area contributed by atoms with Gasteiger partial charge in [0.15, 0.2) is 0 Å². The van der Waals surface area contributed by atoms with Crippen molar-refractivity contribution >= 4 is 5.91 Å². The maximum absolute atomic E-state index is 11.4. The zero-order valence-electron chi connectivity index (χ0n) is 11.0. The molecule has 1 saturated carbocycles. The predicted octanol–water partition coefficient (Wildman–Crippen LogP) is 1.43. The van der Waals surface area contributed by atoms with Gasteiger partial charge in [0.05, 0.1) is 12.6 Å². The lowest BCUT2D eigenvalue weighted by molar-refractivity contribution is -0.120. The first-order chi connectivity index (χ1) is 7.94. The standard InChI is InChI=1S/C13H23N3O/c1-10-8-13(2,3)5-4-11(10)16-9-12(17)15-7-6-14/h10-11,16H,4-5,7-9H2,1-3H3,(H,15,17). The molecule has 0 bridgehead atoms. The third kappa shape index (κ3) is 4.74. The van der Waals surface area contributed by atoms with Crippen LogP contribution in [0.1, 0.15) is 40.0 Å². The number of hydrogen-bond donors (Lipinski definition) is 2. The summed E-state index contributed by atoms with van der Waals surface area (Å²) in [6.07, 6.45) is 3.53. The van der Waals surface area contributed by atoms with Crippen molar-refractivity contribution in [2.24, 2.45) is 11.3 Å². The molecular formula is C13H23N3O. The third-order valence-corrected chi connectivity index (χ3v) is 3.58. The molecule has 1 aliphatic rings. The van der Waals surface area contributed by atoms with Crippen LogP contribution in [0.2, 0.25) is 0 Å². The molecule has 0 radical (unpaired) electrons. The lowest BCUT2D eigenvalue weighted by atomic mass is 9.70. The van der Waals surface area contributed by atoms with Crippen LogP contribution in [0.5, 0.6) is 0 Å². The molecule has 1 amide bonds. The van der Waals surface area contributed by atoms with Gasteiger partial charge in [0, 0.05) is 6.04 Å². The van der Waals surface area contributed by atoms with Gasteiger partial charge in [-0.3, -0.25) is 4.79 Å². The molecule has 1 aliphatic carbocycles. The number of rotatable bonds is 4. The molecule has 17 heavy (non-hydrogen) atoms. The number of hydrogen-bond acceptors (Lipinski definition) is 3. The molecule has 0 saturated heterocycles. The van der Waals surface area contributed by atoms with Gasteiger partial charge in [0.1, 0.15) is 6.54 Å². The molecule has 0 aromatic rings. The molecule has 1 rings (SSSR count). The van der Waals surface area contributed by atoms with E-state index >= 15 is 0 Å². The Bertz CT molecular complexity index is 306. The minimum Gasteiger partial charge on any atom is -0.342 e. The molecule has 2 atom stereocenters. The first-order valence-electron chi connectivity index (χ1n) is 6.31. The highest BCUT2D eigenvalue weighted by Crippen LogP contribution is 2.38. The number of nitriles is 1. The van der Waals surface area contributed by atoms with Gasteiger partial charge in [-0.2, -0.15) is 5.26 Å². The second kappa shape index (κ2) is 6.02. The molecule has 2 unspecified atom stereocenters. The van der Waals surface area contributed by atoms with Gasteiger partial charge in [-0.05, 0) is 30.6 Å². The monoisotopic (exact) mass is 237 g/mol. The van der Waals surface area contributed by atoms with Gasteiger partial charge in [-0.15, -0.1) is 0 Å². The van der Waals surface area contributed by atoms with Crippen LogP contribution >= 0.6 is 0 Å². The second-order valence-corrected chi connectivity index (χ2v) is 5.81. The Morgan fingerprint density at radius 2 is 2.24 bits per heavy atom. The lowest BCUT2D eigenvalue weighted by Gasteiger charge is -2.39. The zero-order chi connectivity index (χ0) is 12.9. The van der Waals surface area contributed by atoms with Gasteiger partial charge < -0.3 is 10.6 Å². The van der Waals surface area contributed by atoms with E-state index in [1.165, 1.54) is 12.8 Å². The molecule has 4 heteroatoms. The van der Waals surface area contributed by atoms with Crippen molar-refractivity contribution in [2.45, 2.75) is 46.1 Å². The predicted molar refractivity (Wildman–Crippen MR) is 67.2 cm³/mol. The fraction of sp³-hybridized carbons (Fsp3) is 0.846. The molecule has 96 valence electrons. The van der Waals surface area contributed by atoms with Crippen LogP contribution < -0.4 is 10.6 Å². The molecule has 0 aromatic heterocycles. The van der Waals surface area contributed by atoms with Crippen molar-refractivity contribution in [3.05, 3.63) is 0 Å². The van der Waals surface area contributed by atoms with Gasteiger partial charge in [-0.1, -0.05) is 20.8 Å². The summed E-state index contributed by atoms with van der Waals surface area (Å²) in [4.78, 5) is 11.4. The number of carbonyl (C=O) groups excluding carboxylic acids is 1. The van der Waals surface area contributed by atoms with E-state index in [2.05, 4.69) is 31.4 Å². The Balaban J connectivity index is 2.29. The minimum absolute atomic E-state index is 0.0910. The van der Waals surface area contributed by atoms with E-state index in [-0.39, 0.29) is 12.5 Å². The largest absolute Gasteiger partial charge is 0.342 e. The van der Waals surface area contributed by atoms with Gasteiger partial charge in [0.25, 0.3) is 0 Å². The SMILES string of the molecule is CC1CC(C)(C)CCC1NCC(=O)NCC#N. The summed E-state index contributed by atoms with van der Waals surface area (Å²) < 4.78 is 0. The molecule has 1 fully saturated rings. The highest BCUT2D eigenvalue weighted by atomic mass is 16.1. The number of amides is 1. The van der Waals surface area contributed by atoms with E-state index in [9.17, 15) is 4.79 Å². The maximum atomic E-state index is 11.4. The zero-order valence-corrected chi connectivity index (χ0v) is 11.0. The van der Waals surface area contributed by atoms with Gasteiger partial charge >= 0.3 is 0 Å². The van der Waals surface area contributed by atoms with Crippen LogP contribution in [-0.2, 0) is 4.79 Å². The summed E-state index contributed by atoms with van der Waals surface area (Å²) in [6.45, 7) is 7.26. The summed E-state index contributed by atoms with van der Waals surface area (Å²) in [5, 5.41) is 14.2. The van der Waals surface area contributed by atoms with E-state index < -0.39 is 0 Å². The first-order valence-corrected chi connectivity index (χ1v) is 6.31. The maximum Gasteiger partial charge on any atom is 0.234 e. The van der Waals surface area contributed by atoms with Crippen LogP contribution in [-0.4, -0.2) is 25.0 Å². The first kappa shape index (κ1) is 14.0. The fourth-order valence-electron chi connectivity index (χ4n) is 2.67. The molecule has 0 spiro atoms. The van der Waals surface area contributed by atoms with Crippen LogP contribution in [0.15, 0.2) is 0 Å². The van der Waals surface area contributed by atoms with Crippen molar-refractivity contribution in [1.29, 1.82) is 5.26 Å². The van der Waals surface area contributed by atoms with Crippen LogP contribution in [0, 0.1) is 22.7 Å². The van der Waals surface area contributed by atoms with Crippen molar-refractivity contribution in [3.8, 4) is 6.07 Å². The minimum atomic E-state index is -0.0939. The smallest absolute Gasteiger partial charge is 0.234 e. The van der Waals surface area contributed by atoms with Crippen LogP contribution in [0.3, 0.4) is 0 Å². The Kier molecular flexibility index (Phi) is 4.95. The van der Waals surface area contributed by atoms with E-state index in [0.29, 0.717) is 23.9 Å². The highest BCUT2D eigenvalue weighted by Gasteiger charge is 2.32. The normalized spacial score (nSPS) is 27.2. The third-order valence-electron chi connectivity index (χ3n) is 3.58. The second-order valence-electron chi connectivity index (χ2n) is 5.81. The Morgan fingerprint density at radius 1 is 1.53 bits per heavy atom. The average molecular weight is 237 g/mol. The summed E-state index contributed by atoms with van der Waals surface area (Å²) in [5.74, 6) is 0.506. The van der Waals surface area contributed by atoms with Crippen molar-refractivity contribution in [2.75, 3.05) is 13.1 Å². The van der Waals surface area contributed by atoms with Crippen molar-refractivity contribution in [3.63, 3.8) is 0 Å². The van der Waals surface area contributed by atoms with E-state index in [1.807, 2.05) is 6.07 Å². The highest BCUT2D eigenvalue weighted by molar-refractivity contribution is 5.78. The Labute approximate surface area is 104 Å². The van der Waals surface area contributed by atoms with E-state index in [0.717, 1.165) is 6.42 Å². The van der Waals surface area contributed by atoms with Crippen LogP contribution in [0.25, 0.3) is 0 Å². The van der Waals surface area contributed by atoms with E-state index in [1.54, 1.807) is 0 Å². The van der Waals surface area contributed by atoms with E-state index in [4.69, 9.17) is 5.26 Å². The van der Waals surface area contributed by atoms with Crippen molar-refractivity contribution in [1.82, 2.24) is 10.6 Å². The summed E-state index contributed by atoms with van der Waals surface area (Å²) >= 11 is 0. The molecule has 0 heterocycles. The quantitative estimate of drug-likeness (QED) is 0.727. The van der Waals surface area contributed by atoms with Crippen LogP contribution in [0.4, 0.5) is 0 Å². The van der Waals surface area contributed by atoms with Gasteiger partial charge in [-0.25, -0.2) is 0 Å². The summed E-state index contributed by atoms with van der Waals surface area (Å²) in [7, 11) is 0. The fourth-order valence-corrected chi connectivity index (χ4v) is 2.67. The number of nitrogens with one attached hydrogen (secondary N) is 2. The molecule has 0 aromatic carbocycles. The molecule has 0 aliphatic heterocycles. The number of carbonyl (C=O) groups is 1. The Morgan fingerprint density at radius 3 is 2.82 bits per heavy atom. The summed E-state index contributed by atoms with van der Waals surface area (Å²) in [5.41, 5.74) is 0.431. The molecule has 2 N–H and O–H groups in total. The Hall–Kier alpha value is -1.08. The lowest BCUT2D eigenvalue weighted by Crippen LogP contribution is -2.45. The summed E-state index contributed by atoms with van der Waals surface area (Å²) in [6, 6.07) is 2.32. The van der Waals surface area contributed by atoms with Crippen molar-refractivity contribution < 1.29 is 4.79 Å². The molecule has 4 nitrogen and oxygen atoms in total.